The number of rotatable bonds is 3. The predicted molar refractivity (Wildman–Crippen MR) is 71.3 cm³/mol. The van der Waals surface area contributed by atoms with Gasteiger partial charge in [0.15, 0.2) is 0 Å². The summed E-state index contributed by atoms with van der Waals surface area (Å²) < 4.78 is 0. The van der Waals surface area contributed by atoms with Crippen molar-refractivity contribution < 1.29 is 9.90 Å². The second kappa shape index (κ2) is 5.17. The third-order valence-electron chi connectivity index (χ3n) is 2.20. The van der Waals surface area contributed by atoms with Crippen molar-refractivity contribution in [2.24, 2.45) is 0 Å². The molecule has 1 N–H and O–H groups in total. The maximum atomic E-state index is 11.2. The highest BCUT2D eigenvalue weighted by Crippen LogP contribution is 2.23. The van der Waals surface area contributed by atoms with Gasteiger partial charge in [-0.25, -0.2) is 4.79 Å². The van der Waals surface area contributed by atoms with Crippen molar-refractivity contribution in [1.29, 1.82) is 0 Å². The molecule has 0 saturated carbocycles. The van der Waals surface area contributed by atoms with Crippen LogP contribution in [0, 0.1) is 0 Å². The number of carboxylic acid groups (broad SMARTS) is 1. The molecule has 0 aliphatic heterocycles. The molecule has 0 bridgehead atoms. The van der Waals surface area contributed by atoms with E-state index in [2.05, 4.69) is 0 Å². The Bertz CT molecular complexity index is 541. The van der Waals surface area contributed by atoms with Gasteiger partial charge in [-0.1, -0.05) is 29.8 Å². The third kappa shape index (κ3) is 2.96. The average Bonchev–Trinajstić information content (AvgIpc) is 2.81. The molecule has 0 radical (unpaired) electrons. The lowest BCUT2D eigenvalue weighted by molar-refractivity contribution is -0.130. The lowest BCUT2D eigenvalue weighted by Crippen LogP contribution is -1.97. The highest BCUT2D eigenvalue weighted by molar-refractivity contribution is 7.11. The number of carboxylic acids is 1. The van der Waals surface area contributed by atoms with Crippen LogP contribution in [-0.4, -0.2) is 11.1 Å². The smallest absolute Gasteiger partial charge is 0.337 e. The number of thiophene rings is 1. The summed E-state index contributed by atoms with van der Waals surface area (Å²) in [7, 11) is 0. The summed E-state index contributed by atoms with van der Waals surface area (Å²) in [5.74, 6) is -0.928. The van der Waals surface area contributed by atoms with Crippen LogP contribution >= 0.6 is 22.9 Å². The van der Waals surface area contributed by atoms with E-state index in [1.165, 1.54) is 11.3 Å². The second-order valence-electron chi connectivity index (χ2n) is 3.39. The van der Waals surface area contributed by atoms with Gasteiger partial charge in [-0.05, 0) is 35.2 Å². The minimum atomic E-state index is -0.928. The van der Waals surface area contributed by atoms with Crippen molar-refractivity contribution in [3.63, 3.8) is 0 Å². The van der Waals surface area contributed by atoms with Crippen molar-refractivity contribution in [2.75, 3.05) is 0 Å². The largest absolute Gasteiger partial charge is 0.478 e. The molecule has 0 amide bonds. The van der Waals surface area contributed by atoms with Gasteiger partial charge in [-0.3, -0.25) is 0 Å². The quantitative estimate of drug-likeness (QED) is 0.850. The molecule has 2 nitrogen and oxygen atoms in total. The molecule has 1 aromatic carbocycles. The summed E-state index contributed by atoms with van der Waals surface area (Å²) in [5, 5.41) is 11.7. The summed E-state index contributed by atoms with van der Waals surface area (Å²) in [6, 6.07) is 10.7. The van der Waals surface area contributed by atoms with E-state index < -0.39 is 5.97 Å². The summed E-state index contributed by atoms with van der Waals surface area (Å²) in [6.07, 6.45) is 1.64. The molecule has 1 heterocycles. The van der Waals surface area contributed by atoms with E-state index in [0.29, 0.717) is 10.6 Å². The minimum Gasteiger partial charge on any atom is -0.478 e. The zero-order chi connectivity index (χ0) is 12.3. The number of aliphatic carboxylic acids is 1. The lowest BCUT2D eigenvalue weighted by Gasteiger charge is -2.00. The SMILES string of the molecule is O=C(O)/C(=C/c1ccc(Cl)cc1)c1cccs1. The van der Waals surface area contributed by atoms with Crippen LogP contribution in [0.2, 0.25) is 5.02 Å². The lowest BCUT2D eigenvalue weighted by atomic mass is 10.1. The molecule has 0 unspecified atom stereocenters. The van der Waals surface area contributed by atoms with Crippen LogP contribution in [0.15, 0.2) is 41.8 Å². The first-order valence-corrected chi connectivity index (χ1v) is 6.17. The molecule has 0 saturated heterocycles. The van der Waals surface area contributed by atoms with E-state index in [4.69, 9.17) is 11.6 Å². The Hall–Kier alpha value is -1.58. The van der Waals surface area contributed by atoms with Crippen molar-refractivity contribution in [3.8, 4) is 0 Å². The van der Waals surface area contributed by atoms with E-state index in [1.54, 1.807) is 36.4 Å². The van der Waals surface area contributed by atoms with E-state index in [1.807, 2.05) is 11.4 Å². The number of hydrogen-bond acceptors (Lipinski definition) is 2. The van der Waals surface area contributed by atoms with Crippen LogP contribution in [0.3, 0.4) is 0 Å². The number of carbonyl (C=O) groups is 1. The maximum Gasteiger partial charge on any atom is 0.337 e. The summed E-state index contributed by atoms with van der Waals surface area (Å²) in [5.41, 5.74) is 1.11. The van der Waals surface area contributed by atoms with Gasteiger partial charge >= 0.3 is 5.97 Å². The maximum absolute atomic E-state index is 11.2. The van der Waals surface area contributed by atoms with E-state index >= 15 is 0 Å². The summed E-state index contributed by atoms with van der Waals surface area (Å²) in [6.45, 7) is 0. The zero-order valence-electron chi connectivity index (χ0n) is 8.76. The zero-order valence-corrected chi connectivity index (χ0v) is 10.3. The molecule has 2 rings (SSSR count). The monoisotopic (exact) mass is 264 g/mol. The molecule has 4 heteroatoms. The minimum absolute atomic E-state index is 0.294. The predicted octanol–water partition coefficient (Wildman–Crippen LogP) is 4.03. The number of benzene rings is 1. The van der Waals surface area contributed by atoms with Crippen molar-refractivity contribution in [2.45, 2.75) is 0 Å². The van der Waals surface area contributed by atoms with Crippen LogP contribution in [0.5, 0.6) is 0 Å². The Kier molecular flexibility index (Phi) is 3.61. The third-order valence-corrected chi connectivity index (χ3v) is 3.35. The first-order valence-electron chi connectivity index (χ1n) is 4.91. The van der Waals surface area contributed by atoms with Gasteiger partial charge < -0.3 is 5.11 Å². The Morgan fingerprint density at radius 1 is 1.24 bits per heavy atom. The van der Waals surface area contributed by atoms with Crippen LogP contribution < -0.4 is 0 Å². The first-order chi connectivity index (χ1) is 8.16. The Morgan fingerprint density at radius 3 is 2.47 bits per heavy atom. The molecule has 86 valence electrons. The van der Waals surface area contributed by atoms with Crippen LogP contribution in [0.4, 0.5) is 0 Å². The van der Waals surface area contributed by atoms with Crippen molar-refractivity contribution in [1.82, 2.24) is 0 Å². The molecule has 0 aliphatic rings. The summed E-state index contributed by atoms with van der Waals surface area (Å²) >= 11 is 7.18. The van der Waals surface area contributed by atoms with Crippen molar-refractivity contribution >= 4 is 40.6 Å². The highest BCUT2D eigenvalue weighted by atomic mass is 35.5. The van der Waals surface area contributed by atoms with E-state index in [9.17, 15) is 9.90 Å². The summed E-state index contributed by atoms with van der Waals surface area (Å²) in [4.78, 5) is 11.9. The van der Waals surface area contributed by atoms with Gasteiger partial charge in [0.05, 0.1) is 5.57 Å². The first kappa shape index (κ1) is 11.9. The number of halogens is 1. The molecular weight excluding hydrogens is 256 g/mol. The molecule has 0 fully saturated rings. The van der Waals surface area contributed by atoms with Gasteiger partial charge in [-0.2, -0.15) is 0 Å². The van der Waals surface area contributed by atoms with Gasteiger partial charge in [0.25, 0.3) is 0 Å². The molecule has 0 spiro atoms. The average molecular weight is 265 g/mol. The fourth-order valence-corrected chi connectivity index (χ4v) is 2.26. The van der Waals surface area contributed by atoms with Gasteiger partial charge in [-0.15, -0.1) is 11.3 Å². The fraction of sp³-hybridized carbons (Fsp3) is 0. The second-order valence-corrected chi connectivity index (χ2v) is 4.78. The Balaban J connectivity index is 2.40. The van der Waals surface area contributed by atoms with Gasteiger partial charge in [0.2, 0.25) is 0 Å². The molecule has 17 heavy (non-hydrogen) atoms. The molecule has 1 aromatic heterocycles. The van der Waals surface area contributed by atoms with Crippen LogP contribution in [0.25, 0.3) is 11.6 Å². The van der Waals surface area contributed by atoms with Crippen molar-refractivity contribution in [3.05, 3.63) is 57.2 Å². The Labute approximate surface area is 108 Å². The molecular formula is C13H9ClO2S. The Morgan fingerprint density at radius 2 is 1.94 bits per heavy atom. The molecule has 2 aromatic rings. The van der Waals surface area contributed by atoms with Crippen LogP contribution in [-0.2, 0) is 4.79 Å². The molecule has 0 atom stereocenters. The molecule has 0 aliphatic carbocycles. The number of hydrogen-bond donors (Lipinski definition) is 1. The van der Waals surface area contributed by atoms with E-state index in [-0.39, 0.29) is 0 Å². The van der Waals surface area contributed by atoms with Gasteiger partial charge in [0, 0.05) is 9.90 Å². The van der Waals surface area contributed by atoms with Crippen LogP contribution in [0.1, 0.15) is 10.4 Å². The van der Waals surface area contributed by atoms with Gasteiger partial charge in [0.1, 0.15) is 0 Å². The highest BCUT2D eigenvalue weighted by Gasteiger charge is 2.10. The normalized spacial score (nSPS) is 11.5. The standard InChI is InChI=1S/C13H9ClO2S/c14-10-5-3-9(4-6-10)8-11(13(15)16)12-2-1-7-17-12/h1-8H,(H,15,16)/b11-8+. The topological polar surface area (TPSA) is 37.3 Å². The fourth-order valence-electron chi connectivity index (χ4n) is 1.40. The van der Waals surface area contributed by atoms with E-state index in [0.717, 1.165) is 10.4 Å².